The summed E-state index contributed by atoms with van der Waals surface area (Å²) in [4.78, 5) is 0. The molecule has 80 valence electrons. The maximum atomic E-state index is 9.67. The quantitative estimate of drug-likeness (QED) is 0.581. The lowest BCUT2D eigenvalue weighted by Gasteiger charge is -2.45. The molecule has 2 N–H and O–H groups in total. The van der Waals surface area contributed by atoms with Crippen molar-refractivity contribution in [2.75, 3.05) is 0 Å². The molecular formula is C12H20O2. The zero-order valence-corrected chi connectivity index (χ0v) is 9.03. The maximum Gasteiger partial charge on any atom is 0.0983 e. The molecule has 2 aliphatic rings. The van der Waals surface area contributed by atoms with Crippen molar-refractivity contribution < 1.29 is 10.2 Å². The molecule has 0 saturated heterocycles. The average molecular weight is 196 g/mol. The Morgan fingerprint density at radius 2 is 2.14 bits per heavy atom. The van der Waals surface area contributed by atoms with Crippen molar-refractivity contribution in [2.45, 2.75) is 51.7 Å². The Bertz CT molecular complexity index is 259. The van der Waals surface area contributed by atoms with Crippen LogP contribution in [0, 0.1) is 11.3 Å². The second kappa shape index (κ2) is 3.35. The molecule has 0 aromatic heterocycles. The first-order valence-corrected chi connectivity index (χ1v) is 5.61. The Morgan fingerprint density at radius 3 is 2.86 bits per heavy atom. The van der Waals surface area contributed by atoms with Crippen LogP contribution in [-0.4, -0.2) is 22.4 Å². The van der Waals surface area contributed by atoms with Gasteiger partial charge in [0, 0.05) is 0 Å². The first-order chi connectivity index (χ1) is 6.53. The lowest BCUT2D eigenvalue weighted by Crippen LogP contribution is -2.41. The summed E-state index contributed by atoms with van der Waals surface area (Å²) < 4.78 is 0. The molecule has 0 radical (unpaired) electrons. The van der Waals surface area contributed by atoms with E-state index < -0.39 is 12.2 Å². The van der Waals surface area contributed by atoms with E-state index in [1.54, 1.807) is 0 Å². The highest BCUT2D eigenvalue weighted by atomic mass is 16.3. The summed E-state index contributed by atoms with van der Waals surface area (Å²) in [6.07, 6.45) is 5.06. The second-order valence-corrected chi connectivity index (χ2v) is 5.24. The van der Waals surface area contributed by atoms with E-state index in [-0.39, 0.29) is 5.41 Å². The predicted octanol–water partition coefficient (Wildman–Crippen LogP) is 1.86. The molecule has 4 unspecified atom stereocenters. The van der Waals surface area contributed by atoms with Crippen molar-refractivity contribution in [3.63, 3.8) is 0 Å². The van der Waals surface area contributed by atoms with E-state index in [4.69, 9.17) is 0 Å². The SMILES string of the molecule is CC1CCCC2(C)CC(O)C(O)C=C12. The summed E-state index contributed by atoms with van der Waals surface area (Å²) >= 11 is 0. The molecule has 14 heavy (non-hydrogen) atoms. The van der Waals surface area contributed by atoms with E-state index in [1.165, 1.54) is 18.4 Å². The molecule has 0 amide bonds. The van der Waals surface area contributed by atoms with E-state index >= 15 is 0 Å². The monoisotopic (exact) mass is 196 g/mol. The summed E-state index contributed by atoms with van der Waals surface area (Å²) in [7, 11) is 0. The van der Waals surface area contributed by atoms with Crippen LogP contribution in [0.4, 0.5) is 0 Å². The maximum absolute atomic E-state index is 9.67. The lowest BCUT2D eigenvalue weighted by atomic mass is 9.61. The lowest BCUT2D eigenvalue weighted by molar-refractivity contribution is 0.000163. The van der Waals surface area contributed by atoms with Crippen LogP contribution in [0.3, 0.4) is 0 Å². The van der Waals surface area contributed by atoms with E-state index in [2.05, 4.69) is 13.8 Å². The van der Waals surface area contributed by atoms with Crippen LogP contribution in [0.1, 0.15) is 39.5 Å². The van der Waals surface area contributed by atoms with Gasteiger partial charge >= 0.3 is 0 Å². The number of fused-ring (bicyclic) bond motifs is 1. The highest BCUT2D eigenvalue weighted by Crippen LogP contribution is 2.49. The molecule has 0 aromatic carbocycles. The summed E-state index contributed by atoms with van der Waals surface area (Å²) in [6.45, 7) is 4.46. The molecule has 2 aliphatic carbocycles. The third-order valence-electron chi connectivity index (χ3n) is 4.00. The second-order valence-electron chi connectivity index (χ2n) is 5.24. The Labute approximate surface area is 85.6 Å². The van der Waals surface area contributed by atoms with Crippen LogP contribution in [0.15, 0.2) is 11.6 Å². The molecule has 0 spiro atoms. The molecule has 1 fully saturated rings. The van der Waals surface area contributed by atoms with Crippen LogP contribution in [0.5, 0.6) is 0 Å². The van der Waals surface area contributed by atoms with Crippen LogP contribution >= 0.6 is 0 Å². The number of allylic oxidation sites excluding steroid dienone is 1. The summed E-state index contributed by atoms with van der Waals surface area (Å²) in [5.74, 6) is 0.580. The fourth-order valence-corrected chi connectivity index (χ4v) is 3.16. The van der Waals surface area contributed by atoms with Crippen molar-refractivity contribution in [1.29, 1.82) is 0 Å². The molecule has 0 aliphatic heterocycles. The molecule has 2 rings (SSSR count). The third kappa shape index (κ3) is 1.51. The van der Waals surface area contributed by atoms with Gasteiger partial charge in [0.05, 0.1) is 12.2 Å². The van der Waals surface area contributed by atoms with Crippen LogP contribution in [-0.2, 0) is 0 Å². The Kier molecular flexibility index (Phi) is 2.44. The van der Waals surface area contributed by atoms with Gasteiger partial charge in [-0.25, -0.2) is 0 Å². The number of hydrogen-bond donors (Lipinski definition) is 2. The first-order valence-electron chi connectivity index (χ1n) is 5.61. The summed E-state index contributed by atoms with van der Waals surface area (Å²) in [6, 6.07) is 0. The fourth-order valence-electron chi connectivity index (χ4n) is 3.16. The number of aliphatic hydroxyl groups is 2. The third-order valence-corrected chi connectivity index (χ3v) is 4.00. The Hall–Kier alpha value is -0.340. The van der Waals surface area contributed by atoms with E-state index in [9.17, 15) is 10.2 Å². The molecule has 4 atom stereocenters. The van der Waals surface area contributed by atoms with Gasteiger partial charge < -0.3 is 10.2 Å². The Morgan fingerprint density at radius 1 is 1.43 bits per heavy atom. The highest BCUT2D eigenvalue weighted by molar-refractivity contribution is 5.24. The molecule has 0 bridgehead atoms. The first kappa shape index (κ1) is 10.2. The molecular weight excluding hydrogens is 176 g/mol. The number of hydrogen-bond acceptors (Lipinski definition) is 2. The van der Waals surface area contributed by atoms with Crippen molar-refractivity contribution in [3.8, 4) is 0 Å². The minimum Gasteiger partial charge on any atom is -0.390 e. The molecule has 2 heteroatoms. The van der Waals surface area contributed by atoms with Gasteiger partial charge in [0.25, 0.3) is 0 Å². The molecule has 0 heterocycles. The van der Waals surface area contributed by atoms with Gasteiger partial charge in [-0.05, 0) is 30.6 Å². The minimum absolute atomic E-state index is 0.149. The predicted molar refractivity (Wildman–Crippen MR) is 55.8 cm³/mol. The van der Waals surface area contributed by atoms with Gasteiger partial charge in [-0.2, -0.15) is 0 Å². The van der Waals surface area contributed by atoms with Gasteiger partial charge in [-0.15, -0.1) is 0 Å². The fraction of sp³-hybridized carbons (Fsp3) is 0.833. The molecule has 0 aromatic rings. The van der Waals surface area contributed by atoms with E-state index in [0.29, 0.717) is 5.92 Å². The van der Waals surface area contributed by atoms with Crippen LogP contribution < -0.4 is 0 Å². The van der Waals surface area contributed by atoms with Gasteiger partial charge in [-0.1, -0.05) is 31.9 Å². The van der Waals surface area contributed by atoms with E-state index in [0.717, 1.165) is 12.8 Å². The van der Waals surface area contributed by atoms with Crippen molar-refractivity contribution >= 4 is 0 Å². The highest BCUT2D eigenvalue weighted by Gasteiger charge is 2.41. The number of rotatable bonds is 0. The number of aliphatic hydroxyl groups excluding tert-OH is 2. The topological polar surface area (TPSA) is 40.5 Å². The van der Waals surface area contributed by atoms with Crippen LogP contribution in [0.2, 0.25) is 0 Å². The van der Waals surface area contributed by atoms with Gasteiger partial charge in [0.15, 0.2) is 0 Å². The molecule has 1 saturated carbocycles. The molecule has 2 nitrogen and oxygen atoms in total. The van der Waals surface area contributed by atoms with Gasteiger partial charge in [0.1, 0.15) is 0 Å². The van der Waals surface area contributed by atoms with Crippen molar-refractivity contribution in [1.82, 2.24) is 0 Å². The minimum atomic E-state index is -0.640. The summed E-state index contributed by atoms with van der Waals surface area (Å²) in [5, 5.41) is 19.3. The summed E-state index contributed by atoms with van der Waals surface area (Å²) in [5.41, 5.74) is 1.53. The zero-order valence-electron chi connectivity index (χ0n) is 9.03. The van der Waals surface area contributed by atoms with Gasteiger partial charge in [-0.3, -0.25) is 0 Å². The standard InChI is InChI=1S/C12H20O2/c1-8-4-3-5-12(2)7-11(14)10(13)6-9(8)12/h6,8,10-11,13-14H,3-5,7H2,1-2H3. The van der Waals surface area contributed by atoms with Gasteiger partial charge in [0.2, 0.25) is 0 Å². The Balaban J connectivity index is 2.32. The zero-order chi connectivity index (χ0) is 10.3. The van der Waals surface area contributed by atoms with Crippen molar-refractivity contribution in [3.05, 3.63) is 11.6 Å². The largest absolute Gasteiger partial charge is 0.390 e. The van der Waals surface area contributed by atoms with Crippen molar-refractivity contribution in [2.24, 2.45) is 11.3 Å². The normalized spacial score (nSPS) is 48.3. The van der Waals surface area contributed by atoms with E-state index in [1.807, 2.05) is 6.08 Å². The average Bonchev–Trinajstić information content (AvgIpc) is 2.09. The smallest absolute Gasteiger partial charge is 0.0983 e. The van der Waals surface area contributed by atoms with Crippen LogP contribution in [0.25, 0.3) is 0 Å².